The normalized spacial score (nSPS) is 12.2. The number of nitrogens with one attached hydrogen (secondary N) is 2. The van der Waals surface area contributed by atoms with Gasteiger partial charge >= 0.3 is 6.09 Å². The van der Waals surface area contributed by atoms with Gasteiger partial charge in [0.05, 0.1) is 19.3 Å². The molecule has 0 fully saturated rings. The van der Waals surface area contributed by atoms with Crippen molar-refractivity contribution in [1.29, 1.82) is 0 Å². The zero-order valence-corrected chi connectivity index (χ0v) is 10.6. The molecule has 15 heavy (non-hydrogen) atoms. The van der Waals surface area contributed by atoms with Crippen molar-refractivity contribution in [3.05, 3.63) is 0 Å². The minimum absolute atomic E-state index is 0.0631. The topological polar surface area (TPSA) is 59.6 Å². The Labute approximate surface area is 93.5 Å². The van der Waals surface area contributed by atoms with Gasteiger partial charge in [0.15, 0.2) is 0 Å². The van der Waals surface area contributed by atoms with Crippen molar-refractivity contribution in [3.8, 4) is 0 Å². The van der Waals surface area contributed by atoms with Crippen molar-refractivity contribution in [2.75, 3.05) is 26.4 Å². The number of rotatable bonds is 8. The standard InChI is InChI=1S/C9H21N2O3P/c1-3-5-14-9(12)11-8(6-10-15)7-13-4-2/h8,10H,3-7,15H2,1-2H3,(H,11,12). The maximum atomic E-state index is 11.2. The van der Waals surface area contributed by atoms with Crippen molar-refractivity contribution < 1.29 is 14.3 Å². The van der Waals surface area contributed by atoms with E-state index in [0.717, 1.165) is 6.42 Å². The van der Waals surface area contributed by atoms with Gasteiger partial charge in [0.2, 0.25) is 0 Å². The highest BCUT2D eigenvalue weighted by atomic mass is 31.0. The molecule has 2 unspecified atom stereocenters. The van der Waals surface area contributed by atoms with E-state index in [9.17, 15) is 4.79 Å². The zero-order chi connectivity index (χ0) is 11.5. The van der Waals surface area contributed by atoms with Crippen LogP contribution < -0.4 is 10.4 Å². The number of carbonyl (C=O) groups excluding carboxylic acids is 1. The minimum atomic E-state index is -0.387. The quantitative estimate of drug-likeness (QED) is 0.615. The first-order chi connectivity index (χ1) is 7.24. The molecule has 6 heteroatoms. The van der Waals surface area contributed by atoms with E-state index >= 15 is 0 Å². The third-order valence-electron chi connectivity index (χ3n) is 1.65. The first kappa shape index (κ1) is 14.6. The van der Waals surface area contributed by atoms with Gasteiger partial charge in [-0.3, -0.25) is 5.09 Å². The average Bonchev–Trinajstić information content (AvgIpc) is 2.23. The highest BCUT2D eigenvalue weighted by Crippen LogP contribution is 1.90. The smallest absolute Gasteiger partial charge is 0.407 e. The second-order valence-corrected chi connectivity index (χ2v) is 3.45. The lowest BCUT2D eigenvalue weighted by atomic mass is 10.3. The van der Waals surface area contributed by atoms with E-state index in [4.69, 9.17) is 9.47 Å². The fraction of sp³-hybridized carbons (Fsp3) is 0.889. The molecule has 0 saturated heterocycles. The van der Waals surface area contributed by atoms with Gasteiger partial charge in [-0.2, -0.15) is 0 Å². The van der Waals surface area contributed by atoms with Crippen molar-refractivity contribution >= 4 is 15.5 Å². The summed E-state index contributed by atoms with van der Waals surface area (Å²) in [5.74, 6) is 0. The van der Waals surface area contributed by atoms with Gasteiger partial charge in [0.1, 0.15) is 0 Å². The van der Waals surface area contributed by atoms with Crippen LogP contribution in [0.1, 0.15) is 20.3 Å². The summed E-state index contributed by atoms with van der Waals surface area (Å²) in [6.45, 7) is 6.07. The zero-order valence-electron chi connectivity index (χ0n) is 9.41. The Morgan fingerprint density at radius 2 is 2.20 bits per heavy atom. The molecule has 0 radical (unpaired) electrons. The molecule has 2 atom stereocenters. The van der Waals surface area contributed by atoms with E-state index in [2.05, 4.69) is 19.8 Å². The Morgan fingerprint density at radius 1 is 1.47 bits per heavy atom. The lowest BCUT2D eigenvalue weighted by molar-refractivity contribution is 0.108. The van der Waals surface area contributed by atoms with Crippen molar-refractivity contribution in [2.24, 2.45) is 0 Å². The lowest BCUT2D eigenvalue weighted by Crippen LogP contribution is -2.43. The molecule has 0 aromatic rings. The number of ether oxygens (including phenoxy) is 2. The van der Waals surface area contributed by atoms with E-state index in [1.165, 1.54) is 0 Å². The molecule has 0 aromatic heterocycles. The van der Waals surface area contributed by atoms with Crippen LogP contribution in [-0.2, 0) is 9.47 Å². The molecule has 0 bridgehead atoms. The second kappa shape index (κ2) is 10.1. The van der Waals surface area contributed by atoms with E-state index in [-0.39, 0.29) is 12.1 Å². The van der Waals surface area contributed by atoms with Gasteiger partial charge in [-0.05, 0) is 13.3 Å². The number of hydrogen-bond donors (Lipinski definition) is 2. The third-order valence-corrected chi connectivity index (χ3v) is 1.88. The van der Waals surface area contributed by atoms with E-state index in [1.54, 1.807) is 0 Å². The lowest BCUT2D eigenvalue weighted by Gasteiger charge is -2.17. The average molecular weight is 236 g/mol. The first-order valence-electron chi connectivity index (χ1n) is 5.19. The molecule has 0 aliphatic rings. The Balaban J connectivity index is 3.76. The summed E-state index contributed by atoms with van der Waals surface area (Å²) in [7, 11) is 2.39. The summed E-state index contributed by atoms with van der Waals surface area (Å²) >= 11 is 0. The van der Waals surface area contributed by atoms with E-state index in [0.29, 0.717) is 26.4 Å². The third kappa shape index (κ3) is 8.60. The molecule has 2 N–H and O–H groups in total. The molecule has 0 spiro atoms. The molecular weight excluding hydrogens is 215 g/mol. The van der Waals surface area contributed by atoms with Crippen molar-refractivity contribution in [2.45, 2.75) is 26.3 Å². The monoisotopic (exact) mass is 236 g/mol. The van der Waals surface area contributed by atoms with E-state index in [1.807, 2.05) is 13.8 Å². The number of alkyl carbamates (subject to hydrolysis) is 1. The van der Waals surface area contributed by atoms with Gasteiger partial charge in [-0.15, -0.1) is 0 Å². The van der Waals surface area contributed by atoms with Gasteiger partial charge < -0.3 is 14.8 Å². The van der Waals surface area contributed by atoms with Crippen LogP contribution in [0.4, 0.5) is 4.79 Å². The van der Waals surface area contributed by atoms with Gasteiger partial charge in [-0.25, -0.2) is 4.79 Å². The maximum Gasteiger partial charge on any atom is 0.407 e. The first-order valence-corrected chi connectivity index (χ1v) is 5.76. The molecule has 0 aliphatic heterocycles. The van der Waals surface area contributed by atoms with Crippen LogP contribution in [0.5, 0.6) is 0 Å². The number of amides is 1. The minimum Gasteiger partial charge on any atom is -0.450 e. The maximum absolute atomic E-state index is 11.2. The van der Waals surface area contributed by atoms with Crippen LogP contribution >= 0.6 is 9.39 Å². The Kier molecular flexibility index (Phi) is 9.89. The molecule has 90 valence electrons. The summed E-state index contributed by atoms with van der Waals surface area (Å²) in [5, 5.41) is 5.63. The molecule has 0 heterocycles. The van der Waals surface area contributed by atoms with Crippen molar-refractivity contribution in [3.63, 3.8) is 0 Å². The van der Waals surface area contributed by atoms with Gasteiger partial charge in [0.25, 0.3) is 0 Å². The molecule has 0 aliphatic carbocycles. The van der Waals surface area contributed by atoms with Crippen LogP contribution in [0.2, 0.25) is 0 Å². The molecule has 0 saturated carbocycles. The van der Waals surface area contributed by atoms with Crippen LogP contribution in [0, 0.1) is 0 Å². The van der Waals surface area contributed by atoms with E-state index < -0.39 is 0 Å². The van der Waals surface area contributed by atoms with Gasteiger partial charge in [0, 0.05) is 13.2 Å². The molecule has 0 rings (SSSR count). The Bertz CT molecular complexity index is 169. The second-order valence-electron chi connectivity index (χ2n) is 3.04. The predicted octanol–water partition coefficient (Wildman–Crippen LogP) is 0.907. The van der Waals surface area contributed by atoms with Crippen molar-refractivity contribution in [1.82, 2.24) is 10.4 Å². The largest absolute Gasteiger partial charge is 0.450 e. The van der Waals surface area contributed by atoms with Crippen LogP contribution in [-0.4, -0.2) is 38.5 Å². The summed E-state index contributed by atoms with van der Waals surface area (Å²) in [5.41, 5.74) is 0. The van der Waals surface area contributed by atoms with Crippen LogP contribution in [0.25, 0.3) is 0 Å². The highest BCUT2D eigenvalue weighted by Gasteiger charge is 2.11. The number of carbonyl (C=O) groups is 1. The predicted molar refractivity (Wildman–Crippen MR) is 62.8 cm³/mol. The summed E-state index contributed by atoms with van der Waals surface area (Å²) in [4.78, 5) is 11.2. The Morgan fingerprint density at radius 3 is 2.73 bits per heavy atom. The fourth-order valence-electron chi connectivity index (χ4n) is 0.957. The Hall–Kier alpha value is -0.380. The van der Waals surface area contributed by atoms with Crippen LogP contribution in [0.15, 0.2) is 0 Å². The summed E-state index contributed by atoms with van der Waals surface area (Å²) < 4.78 is 10.1. The summed E-state index contributed by atoms with van der Waals surface area (Å²) in [6.07, 6.45) is 0.438. The van der Waals surface area contributed by atoms with Gasteiger partial charge in [-0.1, -0.05) is 16.3 Å². The fourth-order valence-corrected chi connectivity index (χ4v) is 1.24. The number of hydrogen-bond acceptors (Lipinski definition) is 4. The SMILES string of the molecule is CCCOC(=O)NC(CNP)COCC. The molecule has 1 amide bonds. The molecular formula is C9H21N2O3P. The highest BCUT2D eigenvalue weighted by molar-refractivity contribution is 7.13. The van der Waals surface area contributed by atoms with Crippen LogP contribution in [0.3, 0.4) is 0 Å². The molecule has 5 nitrogen and oxygen atoms in total. The molecule has 0 aromatic carbocycles. The summed E-state index contributed by atoms with van der Waals surface area (Å²) in [6, 6.07) is -0.0631.